The van der Waals surface area contributed by atoms with E-state index < -0.39 is 0 Å². The first kappa shape index (κ1) is 22.0. The summed E-state index contributed by atoms with van der Waals surface area (Å²) in [7, 11) is 5.12. The Morgan fingerprint density at radius 1 is 1.19 bits per heavy atom. The quantitative estimate of drug-likeness (QED) is 0.664. The number of hydrogen-bond donors (Lipinski definition) is 1. The number of imidazole rings is 1. The van der Waals surface area contributed by atoms with Gasteiger partial charge in [0, 0.05) is 46.3 Å². The minimum absolute atomic E-state index is 0.0874. The molecular formula is C24H31N5O3. The Morgan fingerprint density at radius 3 is 2.53 bits per heavy atom. The zero-order valence-corrected chi connectivity index (χ0v) is 19.4. The van der Waals surface area contributed by atoms with E-state index in [9.17, 15) is 9.59 Å². The van der Waals surface area contributed by atoms with Gasteiger partial charge in [0.25, 0.3) is 5.91 Å². The molecule has 3 aromatic rings. The van der Waals surface area contributed by atoms with Gasteiger partial charge in [0.05, 0.1) is 35.1 Å². The van der Waals surface area contributed by atoms with E-state index in [1.807, 2.05) is 31.2 Å². The Balaban J connectivity index is 1.94. The predicted octanol–water partition coefficient (Wildman–Crippen LogP) is 2.35. The van der Waals surface area contributed by atoms with Crippen LogP contribution in [0, 0.1) is 0 Å². The molecule has 1 saturated heterocycles. The molecule has 1 atom stereocenters. The number of carbonyl (C=O) groups is 1. The number of rotatable bonds is 5. The van der Waals surface area contributed by atoms with Crippen LogP contribution in [0.25, 0.3) is 11.0 Å². The molecule has 0 bridgehead atoms. The molecule has 2 heterocycles. The number of hydrogen-bond acceptors (Lipinski definition) is 5. The summed E-state index contributed by atoms with van der Waals surface area (Å²) in [4.78, 5) is 30.4. The van der Waals surface area contributed by atoms with Crippen molar-refractivity contribution >= 4 is 28.3 Å². The lowest BCUT2D eigenvalue weighted by atomic mass is 10.1. The van der Waals surface area contributed by atoms with E-state index in [1.165, 1.54) is 0 Å². The summed E-state index contributed by atoms with van der Waals surface area (Å²) in [6.07, 6.45) is 0. The predicted molar refractivity (Wildman–Crippen MR) is 128 cm³/mol. The van der Waals surface area contributed by atoms with Crippen LogP contribution in [0.2, 0.25) is 0 Å². The number of aromatic nitrogens is 2. The average Bonchev–Trinajstić information content (AvgIpc) is 3.02. The van der Waals surface area contributed by atoms with Gasteiger partial charge >= 0.3 is 5.69 Å². The molecule has 1 fully saturated rings. The Kier molecular flexibility index (Phi) is 5.97. The summed E-state index contributed by atoms with van der Waals surface area (Å²) in [5.41, 5.74) is 3.82. The number of nitrogens with one attached hydrogen (secondary N) is 1. The largest absolute Gasteiger partial charge is 0.496 e. The van der Waals surface area contributed by atoms with E-state index in [0.717, 1.165) is 42.0 Å². The molecule has 0 saturated carbocycles. The van der Waals surface area contributed by atoms with Crippen LogP contribution in [0.3, 0.4) is 0 Å². The normalized spacial score (nSPS) is 16.4. The van der Waals surface area contributed by atoms with Crippen LogP contribution in [0.15, 0.2) is 41.2 Å². The average molecular weight is 438 g/mol. The smallest absolute Gasteiger partial charge is 0.328 e. The zero-order valence-electron chi connectivity index (χ0n) is 19.4. The lowest BCUT2D eigenvalue weighted by molar-refractivity contribution is 0.0985. The third kappa shape index (κ3) is 3.54. The van der Waals surface area contributed by atoms with Gasteiger partial charge in [-0.05, 0) is 38.1 Å². The second kappa shape index (κ2) is 8.70. The van der Waals surface area contributed by atoms with Crippen molar-refractivity contribution in [3.63, 3.8) is 0 Å². The first-order chi connectivity index (χ1) is 15.4. The lowest BCUT2D eigenvalue weighted by Gasteiger charge is -2.38. The molecule has 0 aliphatic carbocycles. The van der Waals surface area contributed by atoms with Gasteiger partial charge in [-0.25, -0.2) is 4.79 Å². The number of ether oxygens (including phenoxy) is 1. The SMILES string of the molecule is CCN(C(=O)c1ccccc1OC)c1cc2c(cc1N1CCNC[C@@H]1C)n(C)c(=O)n2C. The monoisotopic (exact) mass is 437 g/mol. The Hall–Kier alpha value is -3.26. The molecule has 1 aromatic heterocycles. The Bertz CT molecular complexity index is 1210. The minimum Gasteiger partial charge on any atom is -0.496 e. The van der Waals surface area contributed by atoms with E-state index in [0.29, 0.717) is 17.9 Å². The number of carbonyl (C=O) groups excluding carboxylic acids is 1. The van der Waals surface area contributed by atoms with Gasteiger partial charge < -0.3 is 19.9 Å². The Labute approximate surface area is 188 Å². The third-order valence-electron chi connectivity index (χ3n) is 6.37. The molecule has 1 N–H and O–H groups in total. The van der Waals surface area contributed by atoms with Gasteiger partial charge in [0.1, 0.15) is 5.75 Å². The molecule has 0 unspecified atom stereocenters. The highest BCUT2D eigenvalue weighted by Crippen LogP contribution is 2.36. The van der Waals surface area contributed by atoms with Crippen LogP contribution in [0.1, 0.15) is 24.2 Å². The number of methoxy groups -OCH3 is 1. The standard InChI is InChI=1S/C24H31N5O3/c1-6-28(23(30)17-9-7-8-10-22(17)32-5)20-13-18-19(27(4)24(31)26(18)3)14-21(20)29-12-11-25-15-16(29)2/h7-10,13-14,16,25H,6,11-12,15H2,1-5H3/t16-/m0/s1. The maximum absolute atomic E-state index is 13.7. The molecule has 0 spiro atoms. The van der Waals surface area contributed by atoms with Crippen molar-refractivity contribution in [2.45, 2.75) is 19.9 Å². The topological polar surface area (TPSA) is 71.7 Å². The molecule has 32 heavy (non-hydrogen) atoms. The molecular weight excluding hydrogens is 406 g/mol. The molecule has 8 nitrogen and oxygen atoms in total. The third-order valence-corrected chi connectivity index (χ3v) is 6.37. The van der Waals surface area contributed by atoms with Crippen LogP contribution in [-0.2, 0) is 14.1 Å². The molecule has 4 rings (SSSR count). The van der Waals surface area contributed by atoms with Crippen LogP contribution in [0.5, 0.6) is 5.75 Å². The number of aryl methyl sites for hydroxylation is 2. The number of anilines is 2. The summed E-state index contributed by atoms with van der Waals surface area (Å²) < 4.78 is 8.74. The van der Waals surface area contributed by atoms with Crippen molar-refractivity contribution in [2.75, 3.05) is 43.1 Å². The van der Waals surface area contributed by atoms with Gasteiger partial charge in [-0.15, -0.1) is 0 Å². The van der Waals surface area contributed by atoms with E-state index >= 15 is 0 Å². The van der Waals surface area contributed by atoms with Crippen LogP contribution in [0.4, 0.5) is 11.4 Å². The van der Waals surface area contributed by atoms with Crippen molar-refractivity contribution in [3.05, 3.63) is 52.4 Å². The molecule has 0 radical (unpaired) electrons. The highest BCUT2D eigenvalue weighted by molar-refractivity contribution is 6.10. The molecule has 1 amide bonds. The molecule has 1 aliphatic rings. The van der Waals surface area contributed by atoms with Crippen LogP contribution < -0.4 is 25.5 Å². The number of amides is 1. The maximum Gasteiger partial charge on any atom is 0.328 e. The van der Waals surface area contributed by atoms with Crippen LogP contribution >= 0.6 is 0 Å². The van der Waals surface area contributed by atoms with Gasteiger partial charge in [-0.2, -0.15) is 0 Å². The summed E-state index contributed by atoms with van der Waals surface area (Å²) >= 11 is 0. The molecule has 1 aliphatic heterocycles. The Morgan fingerprint density at radius 2 is 1.88 bits per heavy atom. The fraction of sp³-hybridized carbons (Fsp3) is 0.417. The first-order valence-corrected chi connectivity index (χ1v) is 11.0. The summed E-state index contributed by atoms with van der Waals surface area (Å²) in [5.74, 6) is 0.412. The van der Waals surface area contributed by atoms with Gasteiger partial charge in [-0.1, -0.05) is 12.1 Å². The first-order valence-electron chi connectivity index (χ1n) is 11.0. The number of piperazine rings is 1. The molecule has 8 heteroatoms. The number of nitrogens with zero attached hydrogens (tertiary/aromatic N) is 4. The maximum atomic E-state index is 13.7. The van der Waals surface area contributed by atoms with Crippen molar-refractivity contribution in [1.29, 1.82) is 0 Å². The minimum atomic E-state index is -0.130. The number of benzene rings is 2. The molecule has 170 valence electrons. The summed E-state index contributed by atoms with van der Waals surface area (Å²) in [6, 6.07) is 11.5. The summed E-state index contributed by atoms with van der Waals surface area (Å²) in [6.45, 7) is 7.16. The summed E-state index contributed by atoms with van der Waals surface area (Å²) in [5, 5.41) is 3.42. The molecule has 2 aromatic carbocycles. The second-order valence-corrected chi connectivity index (χ2v) is 8.23. The van der Waals surface area contributed by atoms with E-state index in [2.05, 4.69) is 17.1 Å². The fourth-order valence-corrected chi connectivity index (χ4v) is 4.56. The number of fused-ring (bicyclic) bond motifs is 1. The van der Waals surface area contributed by atoms with Gasteiger partial charge in [0.15, 0.2) is 0 Å². The van der Waals surface area contributed by atoms with Crippen molar-refractivity contribution < 1.29 is 9.53 Å². The van der Waals surface area contributed by atoms with Crippen molar-refractivity contribution in [1.82, 2.24) is 14.5 Å². The zero-order chi connectivity index (χ0) is 23.0. The van der Waals surface area contributed by atoms with Gasteiger partial charge in [0.2, 0.25) is 0 Å². The van der Waals surface area contributed by atoms with Crippen LogP contribution in [-0.4, -0.2) is 54.4 Å². The van der Waals surface area contributed by atoms with E-state index in [4.69, 9.17) is 4.74 Å². The second-order valence-electron chi connectivity index (χ2n) is 8.23. The van der Waals surface area contributed by atoms with E-state index in [1.54, 1.807) is 47.4 Å². The number of para-hydroxylation sites is 1. The highest BCUT2D eigenvalue weighted by atomic mass is 16.5. The van der Waals surface area contributed by atoms with Gasteiger partial charge in [-0.3, -0.25) is 13.9 Å². The lowest BCUT2D eigenvalue weighted by Crippen LogP contribution is -2.50. The highest BCUT2D eigenvalue weighted by Gasteiger charge is 2.28. The van der Waals surface area contributed by atoms with E-state index in [-0.39, 0.29) is 17.6 Å². The fourth-order valence-electron chi connectivity index (χ4n) is 4.56. The van der Waals surface area contributed by atoms with Crippen molar-refractivity contribution in [3.8, 4) is 5.75 Å². The van der Waals surface area contributed by atoms with Crippen molar-refractivity contribution in [2.24, 2.45) is 14.1 Å².